The highest BCUT2D eigenvalue weighted by Crippen LogP contribution is 2.25. The summed E-state index contributed by atoms with van der Waals surface area (Å²) in [6, 6.07) is 1.45. The zero-order valence-electron chi connectivity index (χ0n) is 13.8. The fourth-order valence-electron chi connectivity index (χ4n) is 2.46. The highest BCUT2D eigenvalue weighted by Gasteiger charge is 2.17. The number of pyridine rings is 1. The Morgan fingerprint density at radius 2 is 2.29 bits per heavy atom. The molecule has 0 aliphatic carbocycles. The SMILES string of the molecule is CO[C@@H](C)CNC(=O)Nc1cc2[nH]nc(N3CCOCC3)c2cn1. The fraction of sp³-hybridized carbons (Fsp3) is 0.533. The zero-order chi connectivity index (χ0) is 16.9. The molecule has 2 amide bonds. The summed E-state index contributed by atoms with van der Waals surface area (Å²) in [7, 11) is 1.60. The summed E-state index contributed by atoms with van der Waals surface area (Å²) in [5, 5.41) is 13.7. The van der Waals surface area contributed by atoms with Crippen molar-refractivity contribution in [3.05, 3.63) is 12.3 Å². The molecule has 3 rings (SSSR count). The molecule has 2 aromatic rings. The van der Waals surface area contributed by atoms with Crippen LogP contribution in [0.2, 0.25) is 0 Å². The predicted molar refractivity (Wildman–Crippen MR) is 90.4 cm³/mol. The van der Waals surface area contributed by atoms with E-state index < -0.39 is 0 Å². The van der Waals surface area contributed by atoms with Gasteiger partial charge in [-0.2, -0.15) is 5.10 Å². The van der Waals surface area contributed by atoms with Gasteiger partial charge in [0.1, 0.15) is 5.82 Å². The molecule has 0 aromatic carbocycles. The number of morpholine rings is 1. The first-order valence-electron chi connectivity index (χ1n) is 7.92. The number of carbonyl (C=O) groups is 1. The van der Waals surface area contributed by atoms with Crippen molar-refractivity contribution < 1.29 is 14.3 Å². The standard InChI is InChI=1S/C15H22N6O3/c1-10(23-2)8-17-15(22)18-13-7-12-11(9-16-13)14(20-19-12)21-3-5-24-6-4-21/h7,9-10H,3-6,8H2,1-2H3,(H,19,20)(H2,16,17,18,22)/t10-/m0/s1. The topological polar surface area (TPSA) is 104 Å². The molecular formula is C15H22N6O3. The first kappa shape index (κ1) is 16.5. The Labute approximate surface area is 139 Å². The Morgan fingerprint density at radius 1 is 1.50 bits per heavy atom. The number of nitrogens with one attached hydrogen (secondary N) is 3. The molecule has 0 unspecified atom stereocenters. The molecule has 1 fully saturated rings. The lowest BCUT2D eigenvalue weighted by molar-refractivity contribution is 0.119. The van der Waals surface area contributed by atoms with Gasteiger partial charge in [-0.1, -0.05) is 0 Å². The van der Waals surface area contributed by atoms with Gasteiger partial charge in [-0.05, 0) is 6.92 Å². The molecule has 9 nitrogen and oxygen atoms in total. The van der Waals surface area contributed by atoms with Crippen LogP contribution in [0.5, 0.6) is 0 Å². The van der Waals surface area contributed by atoms with Gasteiger partial charge in [-0.3, -0.25) is 10.4 Å². The molecule has 130 valence electrons. The van der Waals surface area contributed by atoms with Crippen LogP contribution in [0.15, 0.2) is 12.3 Å². The number of hydrogen-bond donors (Lipinski definition) is 3. The third-order valence-electron chi connectivity index (χ3n) is 3.93. The van der Waals surface area contributed by atoms with E-state index >= 15 is 0 Å². The van der Waals surface area contributed by atoms with Gasteiger partial charge in [0.2, 0.25) is 0 Å². The number of anilines is 2. The number of nitrogens with zero attached hydrogens (tertiary/aromatic N) is 3. The van der Waals surface area contributed by atoms with Crippen LogP contribution in [-0.4, -0.2) is 67.3 Å². The molecule has 24 heavy (non-hydrogen) atoms. The molecule has 1 aliphatic rings. The van der Waals surface area contributed by atoms with Crippen LogP contribution in [0.25, 0.3) is 10.9 Å². The zero-order valence-corrected chi connectivity index (χ0v) is 13.8. The van der Waals surface area contributed by atoms with Gasteiger partial charge in [0.05, 0.1) is 30.2 Å². The number of ether oxygens (including phenoxy) is 2. The minimum Gasteiger partial charge on any atom is -0.380 e. The van der Waals surface area contributed by atoms with Gasteiger partial charge in [0, 0.05) is 39.0 Å². The second kappa shape index (κ2) is 7.45. The van der Waals surface area contributed by atoms with Crippen molar-refractivity contribution in [1.82, 2.24) is 20.5 Å². The van der Waals surface area contributed by atoms with Crippen molar-refractivity contribution in [3.63, 3.8) is 0 Å². The minimum atomic E-state index is -0.321. The molecule has 3 N–H and O–H groups in total. The molecule has 1 atom stereocenters. The van der Waals surface area contributed by atoms with Gasteiger partial charge in [-0.15, -0.1) is 0 Å². The van der Waals surface area contributed by atoms with Crippen LogP contribution in [-0.2, 0) is 9.47 Å². The smallest absolute Gasteiger partial charge is 0.320 e. The molecule has 0 saturated carbocycles. The van der Waals surface area contributed by atoms with Gasteiger partial charge < -0.3 is 19.7 Å². The van der Waals surface area contributed by atoms with Crippen molar-refractivity contribution in [3.8, 4) is 0 Å². The Kier molecular flexibility index (Phi) is 5.11. The summed E-state index contributed by atoms with van der Waals surface area (Å²) in [6.07, 6.45) is 1.67. The number of carbonyl (C=O) groups excluding carboxylic acids is 1. The molecule has 0 radical (unpaired) electrons. The van der Waals surface area contributed by atoms with Gasteiger partial charge in [0.15, 0.2) is 5.82 Å². The Hall–Kier alpha value is -2.39. The first-order valence-corrected chi connectivity index (χ1v) is 7.92. The third kappa shape index (κ3) is 3.74. The Balaban J connectivity index is 1.67. The van der Waals surface area contributed by atoms with Crippen LogP contribution < -0.4 is 15.5 Å². The second-order valence-corrected chi connectivity index (χ2v) is 5.64. The Bertz CT molecular complexity index is 698. The largest absolute Gasteiger partial charge is 0.380 e. The van der Waals surface area contributed by atoms with E-state index in [4.69, 9.17) is 9.47 Å². The minimum absolute atomic E-state index is 0.0464. The van der Waals surface area contributed by atoms with E-state index in [1.54, 1.807) is 19.4 Å². The summed E-state index contributed by atoms with van der Waals surface area (Å²) in [5.41, 5.74) is 0.826. The van der Waals surface area contributed by atoms with Crippen LogP contribution >= 0.6 is 0 Å². The summed E-state index contributed by atoms with van der Waals surface area (Å²) >= 11 is 0. The lowest BCUT2D eigenvalue weighted by Crippen LogP contribution is -2.36. The van der Waals surface area contributed by atoms with E-state index in [2.05, 4.69) is 30.7 Å². The predicted octanol–water partition coefficient (Wildman–Crippen LogP) is 0.951. The lowest BCUT2D eigenvalue weighted by Gasteiger charge is -2.26. The maximum absolute atomic E-state index is 11.9. The van der Waals surface area contributed by atoms with Crippen molar-refractivity contribution in [1.29, 1.82) is 0 Å². The van der Waals surface area contributed by atoms with Crippen molar-refractivity contribution in [2.75, 3.05) is 50.2 Å². The number of rotatable bonds is 5. The third-order valence-corrected chi connectivity index (χ3v) is 3.93. The average molecular weight is 334 g/mol. The molecule has 0 bridgehead atoms. The first-order chi connectivity index (χ1) is 11.7. The second-order valence-electron chi connectivity index (χ2n) is 5.64. The number of fused-ring (bicyclic) bond motifs is 1. The van der Waals surface area contributed by atoms with Crippen LogP contribution in [0, 0.1) is 0 Å². The van der Waals surface area contributed by atoms with Gasteiger partial charge in [0.25, 0.3) is 0 Å². The normalized spacial score (nSPS) is 16.2. The fourth-order valence-corrected chi connectivity index (χ4v) is 2.46. The summed E-state index contributed by atoms with van der Waals surface area (Å²) in [4.78, 5) is 18.3. The number of urea groups is 1. The number of aromatic amines is 1. The summed E-state index contributed by atoms with van der Waals surface area (Å²) in [6.45, 7) is 5.31. The number of amides is 2. The molecular weight excluding hydrogens is 312 g/mol. The highest BCUT2D eigenvalue weighted by molar-refractivity contribution is 5.94. The molecule has 9 heteroatoms. The molecule has 2 aromatic heterocycles. The maximum Gasteiger partial charge on any atom is 0.320 e. The van der Waals surface area contributed by atoms with E-state index in [0.29, 0.717) is 25.6 Å². The van der Waals surface area contributed by atoms with Crippen molar-refractivity contribution >= 4 is 28.6 Å². The molecule has 0 spiro atoms. The Morgan fingerprint density at radius 3 is 3.04 bits per heavy atom. The summed E-state index contributed by atoms with van der Waals surface area (Å²) in [5.74, 6) is 1.33. The van der Waals surface area contributed by atoms with Crippen molar-refractivity contribution in [2.45, 2.75) is 13.0 Å². The number of hydrogen-bond acceptors (Lipinski definition) is 6. The van der Waals surface area contributed by atoms with Crippen LogP contribution in [0.4, 0.5) is 16.4 Å². The molecule has 1 saturated heterocycles. The van der Waals surface area contributed by atoms with Crippen molar-refractivity contribution in [2.24, 2.45) is 0 Å². The van der Waals surface area contributed by atoms with E-state index in [-0.39, 0.29) is 12.1 Å². The lowest BCUT2D eigenvalue weighted by atomic mass is 10.3. The monoisotopic (exact) mass is 334 g/mol. The average Bonchev–Trinajstić information content (AvgIpc) is 3.03. The number of aromatic nitrogens is 3. The molecule has 1 aliphatic heterocycles. The number of methoxy groups -OCH3 is 1. The van der Waals surface area contributed by atoms with Gasteiger partial charge in [-0.25, -0.2) is 9.78 Å². The maximum atomic E-state index is 11.9. The highest BCUT2D eigenvalue weighted by atomic mass is 16.5. The van der Waals surface area contributed by atoms with E-state index in [1.807, 2.05) is 6.92 Å². The van der Waals surface area contributed by atoms with Gasteiger partial charge >= 0.3 is 6.03 Å². The van der Waals surface area contributed by atoms with Crippen LogP contribution in [0.1, 0.15) is 6.92 Å². The number of H-pyrrole nitrogens is 1. The molecule has 3 heterocycles. The summed E-state index contributed by atoms with van der Waals surface area (Å²) < 4.78 is 10.4. The van der Waals surface area contributed by atoms with E-state index in [0.717, 1.165) is 29.8 Å². The van der Waals surface area contributed by atoms with E-state index in [9.17, 15) is 4.79 Å². The van der Waals surface area contributed by atoms with E-state index in [1.165, 1.54) is 0 Å². The quantitative estimate of drug-likeness (QED) is 0.752. The van der Waals surface area contributed by atoms with Crippen LogP contribution in [0.3, 0.4) is 0 Å².